The number of piperazine rings is 1. The van der Waals surface area contributed by atoms with Gasteiger partial charge in [0.05, 0.1) is 12.7 Å². The number of benzene rings is 1. The maximum atomic E-state index is 12.6. The summed E-state index contributed by atoms with van der Waals surface area (Å²) in [5, 5.41) is 2.85. The third-order valence-electron chi connectivity index (χ3n) is 5.22. The lowest BCUT2D eigenvalue weighted by atomic mass is 10.2. The summed E-state index contributed by atoms with van der Waals surface area (Å²) in [4.78, 5) is 30.0. The Bertz CT molecular complexity index is 1040. The van der Waals surface area contributed by atoms with Crippen molar-refractivity contribution in [2.45, 2.75) is 6.54 Å². The number of hydrogen-bond donors (Lipinski definition) is 2. The molecule has 3 aromatic rings. The number of nitrogens with two attached hydrogens (primary N) is 1. The molecule has 0 bridgehead atoms. The molecule has 1 amide bonds. The highest BCUT2D eigenvalue weighted by Gasteiger charge is 2.21. The lowest BCUT2D eigenvalue weighted by molar-refractivity contribution is 0.0951. The molecule has 160 valence electrons. The van der Waals surface area contributed by atoms with E-state index >= 15 is 0 Å². The number of rotatable bonds is 6. The van der Waals surface area contributed by atoms with Crippen LogP contribution in [-0.4, -0.2) is 54.1 Å². The molecule has 0 unspecified atom stereocenters. The van der Waals surface area contributed by atoms with Gasteiger partial charge in [-0.2, -0.15) is 4.98 Å². The molecule has 0 radical (unpaired) electrons. The fourth-order valence-corrected chi connectivity index (χ4v) is 3.51. The highest BCUT2D eigenvalue weighted by molar-refractivity contribution is 5.98. The van der Waals surface area contributed by atoms with Gasteiger partial charge in [0.15, 0.2) is 0 Å². The second-order valence-electron chi connectivity index (χ2n) is 7.13. The standard InChI is InChI=1S/C22H25N7O2/c1-31-18-7-3-2-6-16(18)14-25-21(30)17-15-26-22(27-20(17)23)29-12-10-28(11-13-29)19-8-4-5-9-24-19/h2-9,15H,10-14H2,1H3,(H,25,30)(H2,23,26,27). The van der Waals surface area contributed by atoms with Crippen LogP contribution in [0.2, 0.25) is 0 Å². The van der Waals surface area contributed by atoms with Gasteiger partial charge >= 0.3 is 0 Å². The van der Waals surface area contributed by atoms with Gasteiger partial charge in [-0.1, -0.05) is 24.3 Å². The number of para-hydroxylation sites is 1. The van der Waals surface area contributed by atoms with Crippen LogP contribution in [0, 0.1) is 0 Å². The second kappa shape index (κ2) is 9.29. The van der Waals surface area contributed by atoms with Gasteiger partial charge in [-0.25, -0.2) is 9.97 Å². The highest BCUT2D eigenvalue weighted by atomic mass is 16.5. The van der Waals surface area contributed by atoms with Crippen LogP contribution < -0.4 is 25.6 Å². The van der Waals surface area contributed by atoms with Crippen molar-refractivity contribution in [3.63, 3.8) is 0 Å². The van der Waals surface area contributed by atoms with Crippen molar-refractivity contribution in [3.05, 3.63) is 66.0 Å². The zero-order chi connectivity index (χ0) is 21.6. The van der Waals surface area contributed by atoms with E-state index in [4.69, 9.17) is 10.5 Å². The molecule has 0 aliphatic carbocycles. The second-order valence-corrected chi connectivity index (χ2v) is 7.13. The fourth-order valence-electron chi connectivity index (χ4n) is 3.51. The van der Waals surface area contributed by atoms with Crippen molar-refractivity contribution in [2.24, 2.45) is 0 Å². The molecule has 3 heterocycles. The summed E-state index contributed by atoms with van der Waals surface area (Å²) < 4.78 is 5.31. The van der Waals surface area contributed by atoms with Crippen LogP contribution in [0.15, 0.2) is 54.9 Å². The monoisotopic (exact) mass is 419 g/mol. The summed E-state index contributed by atoms with van der Waals surface area (Å²) in [6.45, 7) is 3.42. The molecular weight excluding hydrogens is 394 g/mol. The van der Waals surface area contributed by atoms with Crippen LogP contribution in [0.25, 0.3) is 0 Å². The van der Waals surface area contributed by atoms with Crippen LogP contribution in [0.3, 0.4) is 0 Å². The summed E-state index contributed by atoms with van der Waals surface area (Å²) in [5.41, 5.74) is 7.22. The van der Waals surface area contributed by atoms with Gasteiger partial charge in [-0.3, -0.25) is 4.79 Å². The molecule has 4 rings (SSSR count). The number of carbonyl (C=O) groups excluding carboxylic acids is 1. The zero-order valence-electron chi connectivity index (χ0n) is 17.4. The van der Waals surface area contributed by atoms with Crippen LogP contribution in [-0.2, 0) is 6.54 Å². The number of amides is 1. The van der Waals surface area contributed by atoms with E-state index in [1.54, 1.807) is 13.3 Å². The zero-order valence-corrected chi connectivity index (χ0v) is 17.4. The number of carbonyl (C=O) groups is 1. The number of nitrogens with zero attached hydrogens (tertiary/aromatic N) is 5. The summed E-state index contributed by atoms with van der Waals surface area (Å²) in [5.74, 6) is 2.04. The lowest BCUT2D eigenvalue weighted by Gasteiger charge is -2.35. The van der Waals surface area contributed by atoms with Crippen LogP contribution in [0.1, 0.15) is 15.9 Å². The molecule has 0 atom stereocenters. The molecule has 0 saturated carbocycles. The van der Waals surface area contributed by atoms with Crippen molar-refractivity contribution in [1.29, 1.82) is 0 Å². The summed E-state index contributed by atoms with van der Waals surface area (Å²) in [6.07, 6.45) is 3.28. The van der Waals surface area contributed by atoms with Crippen LogP contribution in [0.5, 0.6) is 5.75 Å². The number of anilines is 3. The minimum Gasteiger partial charge on any atom is -0.496 e. The first-order valence-electron chi connectivity index (χ1n) is 10.1. The molecule has 31 heavy (non-hydrogen) atoms. The van der Waals surface area contributed by atoms with Crippen LogP contribution >= 0.6 is 0 Å². The van der Waals surface area contributed by atoms with Gasteiger partial charge in [0, 0.05) is 50.7 Å². The third-order valence-corrected chi connectivity index (χ3v) is 5.22. The maximum absolute atomic E-state index is 12.6. The van der Waals surface area contributed by atoms with E-state index in [2.05, 4.69) is 30.1 Å². The van der Waals surface area contributed by atoms with Gasteiger partial charge in [0.25, 0.3) is 5.91 Å². The van der Waals surface area contributed by atoms with E-state index in [0.717, 1.165) is 37.6 Å². The number of nitrogens with one attached hydrogen (secondary N) is 1. The Labute approximate surface area is 180 Å². The first-order chi connectivity index (χ1) is 15.2. The lowest BCUT2D eigenvalue weighted by Crippen LogP contribution is -2.47. The molecule has 9 heteroatoms. The Balaban J connectivity index is 1.37. The number of aromatic nitrogens is 3. The first kappa shape index (κ1) is 20.4. The fraction of sp³-hybridized carbons (Fsp3) is 0.273. The highest BCUT2D eigenvalue weighted by Crippen LogP contribution is 2.19. The average Bonchev–Trinajstić information content (AvgIpc) is 2.83. The van der Waals surface area contributed by atoms with Crippen molar-refractivity contribution in [1.82, 2.24) is 20.3 Å². The Morgan fingerprint density at radius 1 is 1.06 bits per heavy atom. The number of pyridine rings is 1. The molecule has 9 nitrogen and oxygen atoms in total. The van der Waals surface area contributed by atoms with E-state index in [1.165, 1.54) is 6.20 Å². The van der Waals surface area contributed by atoms with Gasteiger partial charge in [0.2, 0.25) is 5.95 Å². The molecule has 1 saturated heterocycles. The largest absolute Gasteiger partial charge is 0.496 e. The maximum Gasteiger partial charge on any atom is 0.256 e. The van der Waals surface area contributed by atoms with E-state index < -0.39 is 0 Å². The molecule has 1 aromatic carbocycles. The topological polar surface area (TPSA) is 110 Å². The predicted molar refractivity (Wildman–Crippen MR) is 119 cm³/mol. The Hall–Kier alpha value is -3.88. The minimum atomic E-state index is -0.324. The molecule has 0 spiro atoms. The molecule has 3 N–H and O–H groups in total. The summed E-state index contributed by atoms with van der Waals surface area (Å²) >= 11 is 0. The van der Waals surface area contributed by atoms with Gasteiger partial charge in [0.1, 0.15) is 17.4 Å². The number of hydrogen-bond acceptors (Lipinski definition) is 8. The predicted octanol–water partition coefficient (Wildman–Crippen LogP) is 1.72. The first-order valence-corrected chi connectivity index (χ1v) is 10.1. The molecule has 2 aromatic heterocycles. The normalized spacial score (nSPS) is 13.7. The Morgan fingerprint density at radius 3 is 2.52 bits per heavy atom. The van der Waals surface area contributed by atoms with Crippen molar-refractivity contribution >= 4 is 23.5 Å². The van der Waals surface area contributed by atoms with Crippen molar-refractivity contribution in [2.75, 3.05) is 48.8 Å². The molecule has 1 aliphatic heterocycles. The molecule has 1 aliphatic rings. The number of nitrogen functional groups attached to an aromatic ring is 1. The average molecular weight is 419 g/mol. The van der Waals surface area contributed by atoms with E-state index in [1.807, 2.05) is 42.5 Å². The van der Waals surface area contributed by atoms with Gasteiger partial charge in [-0.05, 0) is 18.2 Å². The summed E-state index contributed by atoms with van der Waals surface area (Å²) in [6, 6.07) is 13.4. The molecule has 1 fully saturated rings. The van der Waals surface area contributed by atoms with Gasteiger partial charge in [-0.15, -0.1) is 0 Å². The van der Waals surface area contributed by atoms with E-state index in [0.29, 0.717) is 18.2 Å². The minimum absolute atomic E-state index is 0.162. The smallest absolute Gasteiger partial charge is 0.256 e. The number of methoxy groups -OCH3 is 1. The third kappa shape index (κ3) is 4.66. The van der Waals surface area contributed by atoms with Crippen molar-refractivity contribution in [3.8, 4) is 5.75 Å². The van der Waals surface area contributed by atoms with Crippen LogP contribution in [0.4, 0.5) is 17.6 Å². The summed E-state index contributed by atoms with van der Waals surface area (Å²) in [7, 11) is 1.60. The van der Waals surface area contributed by atoms with Crippen molar-refractivity contribution < 1.29 is 9.53 Å². The Kier molecular flexibility index (Phi) is 6.11. The quantitative estimate of drug-likeness (QED) is 0.622. The van der Waals surface area contributed by atoms with E-state index in [9.17, 15) is 4.79 Å². The molecular formula is C22H25N7O2. The Morgan fingerprint density at radius 2 is 1.81 bits per heavy atom. The van der Waals surface area contributed by atoms with Gasteiger partial charge < -0.3 is 25.6 Å². The SMILES string of the molecule is COc1ccccc1CNC(=O)c1cnc(N2CCN(c3ccccn3)CC2)nc1N. The van der Waals surface area contributed by atoms with E-state index in [-0.39, 0.29) is 17.3 Å². The number of ether oxygens (including phenoxy) is 1.